The molecular formula is C12H28. The van der Waals surface area contributed by atoms with Crippen LogP contribution in [0, 0.1) is 11.8 Å². The van der Waals surface area contributed by atoms with Gasteiger partial charge in [0.25, 0.3) is 0 Å². The molecule has 0 heterocycles. The summed E-state index contributed by atoms with van der Waals surface area (Å²) in [5.74, 6) is 2.04. The maximum atomic E-state index is 2.37. The molecule has 0 bridgehead atoms. The molecule has 0 aliphatic heterocycles. The summed E-state index contributed by atoms with van der Waals surface area (Å²) in [5, 5.41) is 0. The predicted molar refractivity (Wildman–Crippen MR) is 59.5 cm³/mol. The van der Waals surface area contributed by atoms with Crippen LogP contribution in [0.3, 0.4) is 0 Å². The number of hydrogen-bond acceptors (Lipinski definition) is 0. The van der Waals surface area contributed by atoms with Crippen molar-refractivity contribution in [3.05, 3.63) is 0 Å². The van der Waals surface area contributed by atoms with E-state index in [1.807, 2.05) is 27.7 Å². The predicted octanol–water partition coefficient (Wildman–Crippen LogP) is 4.89. The number of rotatable bonds is 0. The minimum absolute atomic E-state index is 1.02. The second-order valence-corrected chi connectivity index (χ2v) is 3.37. The molecule has 0 atom stereocenters. The molecular weight excluding hydrogens is 144 g/mol. The molecule has 1 fully saturated rings. The van der Waals surface area contributed by atoms with Crippen LogP contribution in [0.25, 0.3) is 0 Å². The zero-order valence-corrected chi connectivity index (χ0v) is 9.98. The van der Waals surface area contributed by atoms with Crippen LogP contribution in [0.4, 0.5) is 0 Å². The summed E-state index contributed by atoms with van der Waals surface area (Å²) in [6.07, 6.45) is 5.89. The van der Waals surface area contributed by atoms with Gasteiger partial charge in [0.05, 0.1) is 0 Å². The lowest BCUT2D eigenvalue weighted by atomic mass is 9.84. The third-order valence-electron chi connectivity index (χ3n) is 2.30. The first-order valence-corrected chi connectivity index (χ1v) is 5.79. The van der Waals surface area contributed by atoms with E-state index >= 15 is 0 Å². The average Bonchev–Trinajstić information content (AvgIpc) is 2.17. The fourth-order valence-corrected chi connectivity index (χ4v) is 1.43. The van der Waals surface area contributed by atoms with E-state index in [0.717, 1.165) is 11.8 Å². The van der Waals surface area contributed by atoms with E-state index in [9.17, 15) is 0 Å². The lowest BCUT2D eigenvalue weighted by Gasteiger charge is -2.22. The van der Waals surface area contributed by atoms with Crippen LogP contribution in [0.15, 0.2) is 0 Å². The van der Waals surface area contributed by atoms with E-state index in [2.05, 4.69) is 13.8 Å². The molecule has 12 heavy (non-hydrogen) atoms. The van der Waals surface area contributed by atoms with Crippen molar-refractivity contribution in [2.45, 2.75) is 67.2 Å². The molecule has 0 aromatic rings. The van der Waals surface area contributed by atoms with Crippen molar-refractivity contribution in [2.24, 2.45) is 11.8 Å². The zero-order chi connectivity index (χ0) is 9.98. The van der Waals surface area contributed by atoms with E-state index in [4.69, 9.17) is 0 Å². The summed E-state index contributed by atoms with van der Waals surface area (Å²) in [6.45, 7) is 12.7. The highest BCUT2D eigenvalue weighted by molar-refractivity contribution is 4.65. The van der Waals surface area contributed by atoms with Crippen molar-refractivity contribution in [1.82, 2.24) is 0 Å². The quantitative estimate of drug-likeness (QED) is 0.488. The van der Waals surface area contributed by atoms with Gasteiger partial charge in [0, 0.05) is 0 Å². The summed E-state index contributed by atoms with van der Waals surface area (Å²) in [7, 11) is 0. The van der Waals surface area contributed by atoms with Crippen LogP contribution in [0.1, 0.15) is 67.2 Å². The topological polar surface area (TPSA) is 0 Å². The van der Waals surface area contributed by atoms with E-state index in [1.54, 1.807) is 0 Å². The molecule has 0 radical (unpaired) electrons. The van der Waals surface area contributed by atoms with Gasteiger partial charge >= 0.3 is 0 Å². The molecule has 0 aromatic heterocycles. The standard InChI is InChI=1S/C8H16.2C2H6/c1-7-3-5-8(2)6-4-7;2*1-2/h7-8H,3-6H2,1-2H3;2*1-2H3. The number of hydrogen-bond donors (Lipinski definition) is 0. The normalized spacial score (nSPS) is 27.5. The van der Waals surface area contributed by atoms with Crippen LogP contribution in [-0.2, 0) is 0 Å². The smallest absolute Gasteiger partial charge is 0.0443 e. The van der Waals surface area contributed by atoms with Crippen LogP contribution in [0.5, 0.6) is 0 Å². The molecule has 1 saturated carbocycles. The molecule has 76 valence electrons. The molecule has 0 aromatic carbocycles. The molecule has 0 spiro atoms. The Morgan fingerprint density at radius 2 is 0.750 bits per heavy atom. The highest BCUT2D eigenvalue weighted by Crippen LogP contribution is 2.27. The molecule has 0 saturated heterocycles. The van der Waals surface area contributed by atoms with Crippen molar-refractivity contribution < 1.29 is 0 Å². The van der Waals surface area contributed by atoms with Gasteiger partial charge < -0.3 is 0 Å². The summed E-state index contributed by atoms with van der Waals surface area (Å²) in [4.78, 5) is 0. The monoisotopic (exact) mass is 172 g/mol. The Bertz CT molecular complexity index is 48.4. The minimum atomic E-state index is 1.02. The Morgan fingerprint density at radius 3 is 0.917 bits per heavy atom. The Hall–Kier alpha value is 0. The molecule has 0 heteroatoms. The SMILES string of the molecule is CC.CC.CC1CCC(C)CC1. The van der Waals surface area contributed by atoms with Gasteiger partial charge in [0.1, 0.15) is 0 Å². The fourth-order valence-electron chi connectivity index (χ4n) is 1.43. The van der Waals surface area contributed by atoms with Crippen LogP contribution >= 0.6 is 0 Å². The van der Waals surface area contributed by atoms with Crippen LogP contribution in [0.2, 0.25) is 0 Å². The summed E-state index contributed by atoms with van der Waals surface area (Å²) in [5.41, 5.74) is 0. The van der Waals surface area contributed by atoms with Crippen molar-refractivity contribution in [3.8, 4) is 0 Å². The van der Waals surface area contributed by atoms with Crippen molar-refractivity contribution in [3.63, 3.8) is 0 Å². The third kappa shape index (κ3) is 8.10. The Morgan fingerprint density at radius 1 is 0.583 bits per heavy atom. The fraction of sp³-hybridized carbons (Fsp3) is 1.00. The highest BCUT2D eigenvalue weighted by Gasteiger charge is 2.13. The Balaban J connectivity index is 0. The molecule has 0 nitrogen and oxygen atoms in total. The first-order chi connectivity index (χ1) is 5.79. The molecule has 0 amide bonds. The van der Waals surface area contributed by atoms with E-state index in [0.29, 0.717) is 0 Å². The van der Waals surface area contributed by atoms with Gasteiger partial charge in [-0.15, -0.1) is 0 Å². The van der Waals surface area contributed by atoms with E-state index in [1.165, 1.54) is 25.7 Å². The highest BCUT2D eigenvalue weighted by atomic mass is 14.2. The molecule has 1 rings (SSSR count). The Kier molecular flexibility index (Phi) is 13.3. The molecule has 1 aliphatic carbocycles. The van der Waals surface area contributed by atoms with Crippen LogP contribution < -0.4 is 0 Å². The van der Waals surface area contributed by atoms with Crippen molar-refractivity contribution in [1.29, 1.82) is 0 Å². The molecule has 0 N–H and O–H groups in total. The van der Waals surface area contributed by atoms with Gasteiger partial charge in [-0.3, -0.25) is 0 Å². The minimum Gasteiger partial charge on any atom is -0.0683 e. The van der Waals surface area contributed by atoms with Gasteiger partial charge in [-0.05, 0) is 11.8 Å². The molecule has 0 unspecified atom stereocenters. The summed E-state index contributed by atoms with van der Waals surface area (Å²) < 4.78 is 0. The first kappa shape index (κ1) is 14.5. The summed E-state index contributed by atoms with van der Waals surface area (Å²) in [6, 6.07) is 0. The first-order valence-electron chi connectivity index (χ1n) is 5.79. The van der Waals surface area contributed by atoms with Crippen molar-refractivity contribution in [2.75, 3.05) is 0 Å². The maximum absolute atomic E-state index is 2.37. The lowest BCUT2D eigenvalue weighted by molar-refractivity contribution is 0.308. The third-order valence-corrected chi connectivity index (χ3v) is 2.30. The Labute approximate surface area is 79.8 Å². The van der Waals surface area contributed by atoms with Crippen LogP contribution in [-0.4, -0.2) is 0 Å². The van der Waals surface area contributed by atoms with Gasteiger partial charge in [0.15, 0.2) is 0 Å². The second-order valence-electron chi connectivity index (χ2n) is 3.37. The maximum Gasteiger partial charge on any atom is -0.0443 e. The van der Waals surface area contributed by atoms with Gasteiger partial charge in [-0.1, -0.05) is 67.2 Å². The van der Waals surface area contributed by atoms with Gasteiger partial charge in [-0.2, -0.15) is 0 Å². The largest absolute Gasteiger partial charge is 0.0683 e. The lowest BCUT2D eigenvalue weighted by Crippen LogP contribution is -2.08. The van der Waals surface area contributed by atoms with Gasteiger partial charge in [-0.25, -0.2) is 0 Å². The molecule has 1 aliphatic rings. The van der Waals surface area contributed by atoms with Gasteiger partial charge in [0.2, 0.25) is 0 Å². The summed E-state index contributed by atoms with van der Waals surface area (Å²) >= 11 is 0. The second kappa shape index (κ2) is 11.0. The van der Waals surface area contributed by atoms with E-state index in [-0.39, 0.29) is 0 Å². The van der Waals surface area contributed by atoms with Crippen molar-refractivity contribution >= 4 is 0 Å². The zero-order valence-electron chi connectivity index (χ0n) is 9.98. The average molecular weight is 172 g/mol. The van der Waals surface area contributed by atoms with E-state index < -0.39 is 0 Å².